The Morgan fingerprint density at radius 3 is 2.50 bits per heavy atom. The van der Waals surface area contributed by atoms with Crippen molar-refractivity contribution in [3.05, 3.63) is 12.1 Å². The predicted molar refractivity (Wildman–Crippen MR) is 74.5 cm³/mol. The highest BCUT2D eigenvalue weighted by Crippen LogP contribution is 2.39. The molecule has 2 aliphatic rings. The van der Waals surface area contributed by atoms with Crippen molar-refractivity contribution in [2.45, 2.75) is 24.2 Å². The molecule has 110 valence electrons. The van der Waals surface area contributed by atoms with Crippen LogP contribution in [0, 0.1) is 0 Å². The second kappa shape index (κ2) is 5.14. The monoisotopic (exact) mass is 298 g/mol. The van der Waals surface area contributed by atoms with Gasteiger partial charge < -0.3 is 15.2 Å². The number of nitrogen functional groups attached to an aromatic ring is 1. The minimum absolute atomic E-state index is 0.182. The molecular formula is C13H18N2O4S. The number of ether oxygens (including phenoxy) is 2. The van der Waals surface area contributed by atoms with E-state index in [0.717, 1.165) is 19.3 Å². The number of nitrogens with two attached hydrogens (primary N) is 1. The molecule has 0 aromatic heterocycles. The lowest BCUT2D eigenvalue weighted by Gasteiger charge is -2.27. The van der Waals surface area contributed by atoms with E-state index in [1.807, 2.05) is 0 Å². The number of piperidine rings is 1. The van der Waals surface area contributed by atoms with Crippen molar-refractivity contribution >= 4 is 15.7 Å². The van der Waals surface area contributed by atoms with Gasteiger partial charge in [-0.05, 0) is 18.9 Å². The molecule has 6 nitrogen and oxygen atoms in total. The fourth-order valence-electron chi connectivity index (χ4n) is 2.56. The van der Waals surface area contributed by atoms with Gasteiger partial charge in [0.05, 0.1) is 10.6 Å². The van der Waals surface area contributed by atoms with E-state index in [4.69, 9.17) is 15.2 Å². The summed E-state index contributed by atoms with van der Waals surface area (Å²) < 4.78 is 37.6. The maximum atomic E-state index is 12.6. The molecule has 0 bridgehead atoms. The van der Waals surface area contributed by atoms with Gasteiger partial charge in [0.25, 0.3) is 0 Å². The summed E-state index contributed by atoms with van der Waals surface area (Å²) in [6.45, 7) is 1.96. The summed E-state index contributed by atoms with van der Waals surface area (Å²) in [5.41, 5.74) is 6.18. The summed E-state index contributed by atoms with van der Waals surface area (Å²) in [5.74, 6) is 0.848. The SMILES string of the molecule is Nc1cc(S(=O)(=O)N2CCCCC2)cc2c1OCCO2. The lowest BCUT2D eigenvalue weighted by molar-refractivity contribution is 0.172. The first-order chi connectivity index (χ1) is 9.59. The molecule has 2 N–H and O–H groups in total. The van der Waals surface area contributed by atoms with Gasteiger partial charge in [-0.2, -0.15) is 4.31 Å². The molecule has 1 saturated heterocycles. The van der Waals surface area contributed by atoms with Gasteiger partial charge in [0.2, 0.25) is 10.0 Å². The van der Waals surface area contributed by atoms with Crippen molar-refractivity contribution in [3.63, 3.8) is 0 Å². The van der Waals surface area contributed by atoms with E-state index in [1.54, 1.807) is 0 Å². The minimum Gasteiger partial charge on any atom is -0.486 e. The van der Waals surface area contributed by atoms with E-state index in [-0.39, 0.29) is 4.90 Å². The van der Waals surface area contributed by atoms with Crippen molar-refractivity contribution < 1.29 is 17.9 Å². The highest BCUT2D eigenvalue weighted by Gasteiger charge is 2.28. The van der Waals surface area contributed by atoms with Crippen LogP contribution in [0.25, 0.3) is 0 Å². The maximum Gasteiger partial charge on any atom is 0.243 e. The Kier molecular flexibility index (Phi) is 3.47. The molecule has 0 unspecified atom stereocenters. The molecular weight excluding hydrogens is 280 g/mol. The number of anilines is 1. The molecule has 0 atom stereocenters. The third kappa shape index (κ3) is 2.31. The number of rotatable bonds is 2. The van der Waals surface area contributed by atoms with E-state index < -0.39 is 10.0 Å². The molecule has 1 aromatic carbocycles. The highest BCUT2D eigenvalue weighted by molar-refractivity contribution is 7.89. The van der Waals surface area contributed by atoms with Crippen LogP contribution < -0.4 is 15.2 Å². The normalized spacial score (nSPS) is 19.8. The van der Waals surface area contributed by atoms with E-state index in [9.17, 15) is 8.42 Å². The van der Waals surface area contributed by atoms with Gasteiger partial charge in [0.15, 0.2) is 11.5 Å². The Labute approximate surface area is 118 Å². The Hall–Kier alpha value is -1.47. The fraction of sp³-hybridized carbons (Fsp3) is 0.538. The molecule has 7 heteroatoms. The van der Waals surface area contributed by atoms with Gasteiger partial charge in [-0.15, -0.1) is 0 Å². The van der Waals surface area contributed by atoms with Crippen LogP contribution in [0.4, 0.5) is 5.69 Å². The average Bonchev–Trinajstić information content (AvgIpc) is 2.48. The average molecular weight is 298 g/mol. The molecule has 0 aliphatic carbocycles. The fourth-order valence-corrected chi connectivity index (χ4v) is 4.13. The quantitative estimate of drug-likeness (QED) is 0.830. The van der Waals surface area contributed by atoms with Gasteiger partial charge in [-0.3, -0.25) is 0 Å². The maximum absolute atomic E-state index is 12.6. The summed E-state index contributed by atoms with van der Waals surface area (Å²) in [6, 6.07) is 2.96. The molecule has 0 spiro atoms. The standard InChI is InChI=1S/C13H18N2O4S/c14-11-8-10(9-12-13(11)19-7-6-18-12)20(16,17)15-4-2-1-3-5-15/h8-9H,1-7,14H2. The Morgan fingerprint density at radius 2 is 1.75 bits per heavy atom. The number of benzene rings is 1. The van der Waals surface area contributed by atoms with Gasteiger partial charge in [-0.25, -0.2) is 8.42 Å². The lowest BCUT2D eigenvalue weighted by atomic mass is 10.2. The zero-order chi connectivity index (χ0) is 14.2. The topological polar surface area (TPSA) is 81.9 Å². The Morgan fingerprint density at radius 1 is 1.05 bits per heavy atom. The molecule has 0 radical (unpaired) electrons. The summed E-state index contributed by atoms with van der Waals surface area (Å²) in [7, 11) is -3.50. The van der Waals surface area contributed by atoms with Crippen LogP contribution in [0.3, 0.4) is 0 Å². The molecule has 1 aromatic rings. The molecule has 0 saturated carbocycles. The van der Waals surface area contributed by atoms with E-state index in [1.165, 1.54) is 16.4 Å². The molecule has 2 heterocycles. The van der Waals surface area contributed by atoms with Crippen molar-refractivity contribution in [2.75, 3.05) is 32.0 Å². The number of fused-ring (bicyclic) bond motifs is 1. The number of hydrogen-bond acceptors (Lipinski definition) is 5. The van der Waals surface area contributed by atoms with Crippen LogP contribution in [0.1, 0.15) is 19.3 Å². The van der Waals surface area contributed by atoms with Crippen LogP contribution >= 0.6 is 0 Å². The van der Waals surface area contributed by atoms with Crippen molar-refractivity contribution in [3.8, 4) is 11.5 Å². The number of nitrogens with zero attached hydrogens (tertiary/aromatic N) is 1. The molecule has 0 amide bonds. The first kappa shape index (κ1) is 13.5. The van der Waals surface area contributed by atoms with Gasteiger partial charge in [-0.1, -0.05) is 6.42 Å². The van der Waals surface area contributed by atoms with Crippen LogP contribution in [-0.4, -0.2) is 39.0 Å². The summed E-state index contributed by atoms with van der Waals surface area (Å²) in [6.07, 6.45) is 2.88. The first-order valence-electron chi connectivity index (χ1n) is 6.78. The molecule has 20 heavy (non-hydrogen) atoms. The van der Waals surface area contributed by atoms with Crippen LogP contribution in [-0.2, 0) is 10.0 Å². The predicted octanol–water partition coefficient (Wildman–Crippen LogP) is 1.21. The van der Waals surface area contributed by atoms with Crippen LogP contribution in [0.5, 0.6) is 11.5 Å². The zero-order valence-corrected chi connectivity index (χ0v) is 12.0. The van der Waals surface area contributed by atoms with Crippen molar-refractivity contribution in [1.82, 2.24) is 4.31 Å². The van der Waals surface area contributed by atoms with E-state index in [0.29, 0.717) is 43.5 Å². The Bertz CT molecular complexity index is 609. The largest absolute Gasteiger partial charge is 0.486 e. The van der Waals surface area contributed by atoms with E-state index in [2.05, 4.69) is 0 Å². The Balaban J connectivity index is 1.99. The number of hydrogen-bond donors (Lipinski definition) is 1. The smallest absolute Gasteiger partial charge is 0.243 e. The minimum atomic E-state index is -3.50. The molecule has 3 rings (SSSR count). The highest BCUT2D eigenvalue weighted by atomic mass is 32.2. The summed E-state index contributed by atoms with van der Waals surface area (Å²) in [5, 5.41) is 0. The van der Waals surface area contributed by atoms with Crippen LogP contribution in [0.2, 0.25) is 0 Å². The van der Waals surface area contributed by atoms with Crippen LogP contribution in [0.15, 0.2) is 17.0 Å². The van der Waals surface area contributed by atoms with Gasteiger partial charge >= 0.3 is 0 Å². The van der Waals surface area contributed by atoms with Gasteiger partial charge in [0.1, 0.15) is 13.2 Å². The zero-order valence-electron chi connectivity index (χ0n) is 11.2. The second-order valence-electron chi connectivity index (χ2n) is 5.00. The third-order valence-corrected chi connectivity index (χ3v) is 5.47. The lowest BCUT2D eigenvalue weighted by Crippen LogP contribution is -2.35. The van der Waals surface area contributed by atoms with Crippen molar-refractivity contribution in [2.24, 2.45) is 0 Å². The van der Waals surface area contributed by atoms with Crippen molar-refractivity contribution in [1.29, 1.82) is 0 Å². The molecule has 2 aliphatic heterocycles. The summed E-state index contributed by atoms with van der Waals surface area (Å²) >= 11 is 0. The second-order valence-corrected chi connectivity index (χ2v) is 6.94. The first-order valence-corrected chi connectivity index (χ1v) is 8.22. The number of sulfonamides is 1. The molecule has 1 fully saturated rings. The van der Waals surface area contributed by atoms with E-state index >= 15 is 0 Å². The third-order valence-electron chi connectivity index (χ3n) is 3.60. The van der Waals surface area contributed by atoms with Gasteiger partial charge in [0, 0.05) is 19.2 Å². The summed E-state index contributed by atoms with van der Waals surface area (Å²) in [4.78, 5) is 0.182.